The predicted molar refractivity (Wildman–Crippen MR) is 74.5 cm³/mol. The van der Waals surface area contributed by atoms with Crippen LogP contribution in [0.25, 0.3) is 0 Å². The van der Waals surface area contributed by atoms with Crippen molar-refractivity contribution in [2.24, 2.45) is 0 Å². The van der Waals surface area contributed by atoms with Gasteiger partial charge in [0.1, 0.15) is 39.8 Å². The molecule has 0 radical (unpaired) electrons. The maximum Gasteiger partial charge on any atom is 0.213 e. The second kappa shape index (κ2) is 5.04. The molecule has 0 saturated heterocycles. The highest BCUT2D eigenvalue weighted by atomic mass is 32.2. The Hall–Kier alpha value is -2.08. The van der Waals surface area contributed by atoms with Crippen LogP contribution in [0.4, 0.5) is 4.39 Å². The molecule has 110 valence electrons. The Balaban J connectivity index is 2.06. The SMILES string of the molecule is CC(CF)Oc1ccc2c(c1)Oc1ccccc1S2(=O)=O. The minimum atomic E-state index is -3.61. The standard InChI is InChI=1S/C15H13FO4S/c1-10(9-16)19-11-6-7-15-13(8-11)20-12-4-2-3-5-14(12)21(15,17)18/h2-8,10H,9H2,1H3. The Bertz CT molecular complexity index is 786. The molecule has 0 aliphatic carbocycles. The number of hydrogen-bond donors (Lipinski definition) is 0. The number of rotatable bonds is 3. The first-order valence-electron chi connectivity index (χ1n) is 6.41. The van der Waals surface area contributed by atoms with Crippen LogP contribution >= 0.6 is 0 Å². The van der Waals surface area contributed by atoms with Gasteiger partial charge in [-0.1, -0.05) is 12.1 Å². The molecule has 4 nitrogen and oxygen atoms in total. The van der Waals surface area contributed by atoms with E-state index >= 15 is 0 Å². The maximum absolute atomic E-state index is 12.5. The van der Waals surface area contributed by atoms with Crippen LogP contribution in [0.5, 0.6) is 17.2 Å². The molecule has 6 heteroatoms. The van der Waals surface area contributed by atoms with E-state index in [2.05, 4.69) is 0 Å². The van der Waals surface area contributed by atoms with Crippen LogP contribution in [0.15, 0.2) is 52.3 Å². The zero-order valence-corrected chi connectivity index (χ0v) is 12.1. The quantitative estimate of drug-likeness (QED) is 0.744. The molecule has 2 aromatic rings. The lowest BCUT2D eigenvalue weighted by atomic mass is 10.3. The van der Waals surface area contributed by atoms with Crippen molar-refractivity contribution in [3.8, 4) is 17.2 Å². The molecule has 1 unspecified atom stereocenters. The van der Waals surface area contributed by atoms with Crippen LogP contribution < -0.4 is 9.47 Å². The molecule has 0 saturated carbocycles. The minimum Gasteiger partial charge on any atom is -0.488 e. The molecule has 2 aromatic carbocycles. The number of para-hydroxylation sites is 1. The van der Waals surface area contributed by atoms with E-state index in [-0.39, 0.29) is 21.3 Å². The molecule has 1 aliphatic rings. The minimum absolute atomic E-state index is 0.0847. The first kappa shape index (κ1) is 13.9. The smallest absolute Gasteiger partial charge is 0.213 e. The molecular weight excluding hydrogens is 295 g/mol. The zero-order valence-electron chi connectivity index (χ0n) is 11.2. The summed E-state index contributed by atoms with van der Waals surface area (Å²) in [5, 5.41) is 0. The molecule has 0 N–H and O–H groups in total. The van der Waals surface area contributed by atoms with Gasteiger partial charge in [0.25, 0.3) is 0 Å². The van der Waals surface area contributed by atoms with Gasteiger partial charge in [0.15, 0.2) is 0 Å². The van der Waals surface area contributed by atoms with Crippen LogP contribution in [-0.4, -0.2) is 21.2 Å². The summed E-state index contributed by atoms with van der Waals surface area (Å²) >= 11 is 0. The number of alkyl halides is 1. The first-order chi connectivity index (χ1) is 10.0. The van der Waals surface area contributed by atoms with Gasteiger partial charge in [0, 0.05) is 6.07 Å². The van der Waals surface area contributed by atoms with Gasteiger partial charge >= 0.3 is 0 Å². The van der Waals surface area contributed by atoms with Crippen molar-refractivity contribution in [3.05, 3.63) is 42.5 Å². The second-order valence-corrected chi connectivity index (χ2v) is 6.63. The number of hydrogen-bond acceptors (Lipinski definition) is 4. The molecule has 1 atom stereocenters. The molecule has 3 rings (SSSR count). The van der Waals surface area contributed by atoms with Crippen LogP contribution in [0, 0.1) is 0 Å². The van der Waals surface area contributed by atoms with Crippen molar-refractivity contribution in [2.45, 2.75) is 22.8 Å². The van der Waals surface area contributed by atoms with E-state index < -0.39 is 22.6 Å². The third-order valence-corrected chi connectivity index (χ3v) is 4.95. The summed E-state index contributed by atoms with van der Waals surface area (Å²) in [5.74, 6) is 0.839. The van der Waals surface area contributed by atoms with E-state index in [1.807, 2.05) is 0 Å². The summed E-state index contributed by atoms with van der Waals surface area (Å²) in [4.78, 5) is 0.227. The molecule has 1 heterocycles. The molecule has 0 fully saturated rings. The highest BCUT2D eigenvalue weighted by molar-refractivity contribution is 7.91. The summed E-state index contributed by atoms with van der Waals surface area (Å²) < 4.78 is 48.4. The number of halogens is 1. The van der Waals surface area contributed by atoms with Crippen molar-refractivity contribution >= 4 is 9.84 Å². The molecular formula is C15H13FO4S. The second-order valence-electron chi connectivity index (χ2n) is 4.74. The fourth-order valence-electron chi connectivity index (χ4n) is 2.12. The van der Waals surface area contributed by atoms with Gasteiger partial charge in [-0.25, -0.2) is 12.8 Å². The topological polar surface area (TPSA) is 52.6 Å². The summed E-state index contributed by atoms with van der Waals surface area (Å²) in [5.41, 5.74) is 0. The summed E-state index contributed by atoms with van der Waals surface area (Å²) in [6.07, 6.45) is -0.601. The third-order valence-electron chi connectivity index (χ3n) is 3.12. The highest BCUT2D eigenvalue weighted by Crippen LogP contribution is 2.43. The van der Waals surface area contributed by atoms with Gasteiger partial charge in [0.2, 0.25) is 9.84 Å². The normalized spacial score (nSPS) is 16.3. The monoisotopic (exact) mass is 308 g/mol. The number of ether oxygens (including phenoxy) is 2. The average Bonchev–Trinajstić information content (AvgIpc) is 2.47. The van der Waals surface area contributed by atoms with E-state index in [1.54, 1.807) is 25.1 Å². The molecule has 0 bridgehead atoms. The van der Waals surface area contributed by atoms with E-state index in [9.17, 15) is 12.8 Å². The lowest BCUT2D eigenvalue weighted by Crippen LogP contribution is -2.15. The lowest BCUT2D eigenvalue weighted by Gasteiger charge is -2.21. The Morgan fingerprint density at radius 2 is 1.86 bits per heavy atom. The Labute approximate surface area is 122 Å². The Morgan fingerprint density at radius 1 is 1.14 bits per heavy atom. The predicted octanol–water partition coefficient (Wildman–Crippen LogP) is 3.36. The van der Waals surface area contributed by atoms with Gasteiger partial charge < -0.3 is 9.47 Å². The Kier molecular flexibility index (Phi) is 3.33. The van der Waals surface area contributed by atoms with Crippen LogP contribution in [-0.2, 0) is 9.84 Å². The van der Waals surface area contributed by atoms with Gasteiger partial charge in [-0.2, -0.15) is 0 Å². The molecule has 0 spiro atoms. The van der Waals surface area contributed by atoms with Crippen LogP contribution in [0.1, 0.15) is 6.92 Å². The molecule has 21 heavy (non-hydrogen) atoms. The first-order valence-corrected chi connectivity index (χ1v) is 7.89. The van der Waals surface area contributed by atoms with E-state index in [0.717, 1.165) is 0 Å². The fraction of sp³-hybridized carbons (Fsp3) is 0.200. The van der Waals surface area contributed by atoms with E-state index in [0.29, 0.717) is 5.75 Å². The zero-order chi connectivity index (χ0) is 15.0. The molecule has 0 amide bonds. The fourth-order valence-corrected chi connectivity index (χ4v) is 3.60. The maximum atomic E-state index is 12.5. The summed E-state index contributed by atoms with van der Waals surface area (Å²) in [7, 11) is -3.61. The van der Waals surface area contributed by atoms with Gasteiger partial charge in [-0.3, -0.25) is 0 Å². The van der Waals surface area contributed by atoms with Crippen molar-refractivity contribution in [3.63, 3.8) is 0 Å². The van der Waals surface area contributed by atoms with Crippen LogP contribution in [0.3, 0.4) is 0 Å². The van der Waals surface area contributed by atoms with Crippen LogP contribution in [0.2, 0.25) is 0 Å². The van der Waals surface area contributed by atoms with Gasteiger partial charge in [-0.15, -0.1) is 0 Å². The Morgan fingerprint density at radius 3 is 2.62 bits per heavy atom. The largest absolute Gasteiger partial charge is 0.488 e. The van der Waals surface area contributed by atoms with E-state index in [1.165, 1.54) is 24.3 Å². The molecule has 0 aromatic heterocycles. The number of sulfone groups is 1. The van der Waals surface area contributed by atoms with Crippen molar-refractivity contribution < 1.29 is 22.3 Å². The third kappa shape index (κ3) is 2.35. The summed E-state index contributed by atoms with van der Waals surface area (Å²) in [6.45, 7) is 0.964. The number of benzene rings is 2. The van der Waals surface area contributed by atoms with Crippen molar-refractivity contribution in [1.82, 2.24) is 0 Å². The van der Waals surface area contributed by atoms with Gasteiger partial charge in [-0.05, 0) is 31.2 Å². The average molecular weight is 308 g/mol. The lowest BCUT2D eigenvalue weighted by molar-refractivity contribution is 0.181. The highest BCUT2D eigenvalue weighted by Gasteiger charge is 2.31. The number of fused-ring (bicyclic) bond motifs is 2. The van der Waals surface area contributed by atoms with Crippen molar-refractivity contribution in [1.29, 1.82) is 0 Å². The van der Waals surface area contributed by atoms with Gasteiger partial charge in [0.05, 0.1) is 0 Å². The molecule has 1 aliphatic heterocycles. The van der Waals surface area contributed by atoms with E-state index in [4.69, 9.17) is 9.47 Å². The summed E-state index contributed by atoms with van der Waals surface area (Å²) in [6, 6.07) is 10.8. The van der Waals surface area contributed by atoms with Crippen molar-refractivity contribution in [2.75, 3.05) is 6.67 Å².